The van der Waals surface area contributed by atoms with E-state index in [-0.39, 0.29) is 0 Å². The van der Waals surface area contributed by atoms with Crippen LogP contribution in [0.1, 0.15) is 11.1 Å². The average molecular weight is 266 g/mol. The van der Waals surface area contributed by atoms with Crippen LogP contribution >= 0.6 is 23.4 Å². The zero-order valence-corrected chi connectivity index (χ0v) is 10.9. The van der Waals surface area contributed by atoms with Crippen molar-refractivity contribution in [2.45, 2.75) is 17.7 Å². The molecule has 5 heteroatoms. The minimum atomic E-state index is 0.327. The van der Waals surface area contributed by atoms with Crippen molar-refractivity contribution < 1.29 is 0 Å². The predicted molar refractivity (Wildman–Crippen MR) is 72.2 cm³/mol. The minimum Gasteiger partial charge on any atom is -0.382 e. The van der Waals surface area contributed by atoms with Crippen molar-refractivity contribution in [2.24, 2.45) is 0 Å². The van der Waals surface area contributed by atoms with E-state index in [1.54, 1.807) is 11.8 Å². The van der Waals surface area contributed by atoms with Gasteiger partial charge >= 0.3 is 0 Å². The number of hydrogen-bond donors (Lipinski definition) is 1. The number of aromatic nitrogens is 2. The highest BCUT2D eigenvalue weighted by atomic mass is 35.5. The Morgan fingerprint density at radius 2 is 2.18 bits per heavy atom. The first-order chi connectivity index (χ1) is 8.16. The maximum absolute atomic E-state index is 6.02. The van der Waals surface area contributed by atoms with Crippen LogP contribution in [0.3, 0.4) is 0 Å². The lowest BCUT2D eigenvalue weighted by Gasteiger charge is -2.05. The van der Waals surface area contributed by atoms with Gasteiger partial charge in [-0.25, -0.2) is 9.97 Å². The number of thioether (sulfide) groups is 1. The number of rotatable bonds is 3. The van der Waals surface area contributed by atoms with Crippen molar-refractivity contribution in [1.82, 2.24) is 9.97 Å². The van der Waals surface area contributed by atoms with E-state index in [0.717, 1.165) is 10.8 Å². The smallest absolute Gasteiger partial charge is 0.146 e. The molecule has 1 aromatic carbocycles. The molecule has 1 aromatic heterocycles. The lowest BCUT2D eigenvalue weighted by atomic mass is 10.2. The average Bonchev–Trinajstić information content (AvgIpc) is 2.31. The SMILES string of the molecule is Cc1cccc(CSc2ncnc(N)c2Cl)c1. The quantitative estimate of drug-likeness (QED) is 0.683. The standard InChI is InChI=1S/C12H12ClN3S/c1-8-3-2-4-9(5-8)6-17-12-10(13)11(14)15-7-16-12/h2-5,7H,6H2,1H3,(H2,14,15,16). The summed E-state index contributed by atoms with van der Waals surface area (Å²) in [7, 11) is 0. The van der Waals surface area contributed by atoms with Crippen molar-refractivity contribution in [2.75, 3.05) is 5.73 Å². The van der Waals surface area contributed by atoms with Gasteiger partial charge in [-0.15, -0.1) is 0 Å². The number of halogens is 1. The Labute approximate surface area is 109 Å². The summed E-state index contributed by atoms with van der Waals surface area (Å²) in [5, 5.41) is 1.16. The van der Waals surface area contributed by atoms with Crippen LogP contribution in [0.2, 0.25) is 5.02 Å². The van der Waals surface area contributed by atoms with Gasteiger partial charge in [-0.05, 0) is 12.5 Å². The lowest BCUT2D eigenvalue weighted by Crippen LogP contribution is -1.94. The summed E-state index contributed by atoms with van der Waals surface area (Å²) in [6.07, 6.45) is 1.43. The second-order valence-corrected chi connectivity index (χ2v) is 5.00. The van der Waals surface area contributed by atoms with Crippen LogP contribution in [0, 0.1) is 6.92 Å². The third-order valence-corrected chi connectivity index (χ3v) is 3.79. The second kappa shape index (κ2) is 5.38. The molecule has 0 aliphatic rings. The highest BCUT2D eigenvalue weighted by Crippen LogP contribution is 2.30. The third kappa shape index (κ3) is 3.11. The largest absolute Gasteiger partial charge is 0.382 e. The monoisotopic (exact) mass is 265 g/mol. The zero-order chi connectivity index (χ0) is 12.3. The van der Waals surface area contributed by atoms with Gasteiger partial charge in [0.2, 0.25) is 0 Å². The molecule has 0 amide bonds. The molecule has 0 fully saturated rings. The molecule has 88 valence electrons. The van der Waals surface area contributed by atoms with Gasteiger partial charge < -0.3 is 5.73 Å². The summed E-state index contributed by atoms with van der Waals surface area (Å²) in [5.41, 5.74) is 8.10. The van der Waals surface area contributed by atoms with Crippen molar-refractivity contribution >= 4 is 29.2 Å². The first kappa shape index (κ1) is 12.2. The number of hydrogen-bond acceptors (Lipinski definition) is 4. The highest BCUT2D eigenvalue weighted by Gasteiger charge is 2.07. The lowest BCUT2D eigenvalue weighted by molar-refractivity contribution is 1.05. The summed E-state index contributed by atoms with van der Waals surface area (Å²) in [6.45, 7) is 2.07. The Bertz CT molecular complexity index is 531. The first-order valence-corrected chi connectivity index (χ1v) is 6.47. The zero-order valence-electron chi connectivity index (χ0n) is 9.35. The molecule has 0 atom stereocenters. The van der Waals surface area contributed by atoms with E-state index in [0.29, 0.717) is 10.8 Å². The number of anilines is 1. The van der Waals surface area contributed by atoms with Crippen molar-refractivity contribution in [3.8, 4) is 0 Å². The molecule has 0 spiro atoms. The van der Waals surface area contributed by atoms with E-state index < -0.39 is 0 Å². The van der Waals surface area contributed by atoms with E-state index in [1.165, 1.54) is 17.5 Å². The second-order valence-electron chi connectivity index (χ2n) is 3.66. The Balaban J connectivity index is 2.10. The molecule has 0 bridgehead atoms. The van der Waals surface area contributed by atoms with Gasteiger partial charge in [0.15, 0.2) is 0 Å². The number of nitrogens with zero attached hydrogens (tertiary/aromatic N) is 2. The van der Waals surface area contributed by atoms with Crippen LogP contribution in [0.15, 0.2) is 35.6 Å². The maximum atomic E-state index is 6.02. The molecule has 3 nitrogen and oxygen atoms in total. The summed E-state index contributed by atoms with van der Waals surface area (Å²) in [4.78, 5) is 7.95. The fourth-order valence-corrected chi connectivity index (χ4v) is 2.52. The fraction of sp³-hybridized carbons (Fsp3) is 0.167. The van der Waals surface area contributed by atoms with Gasteiger partial charge in [-0.2, -0.15) is 0 Å². The van der Waals surface area contributed by atoms with Gasteiger partial charge in [0, 0.05) is 5.75 Å². The summed E-state index contributed by atoms with van der Waals surface area (Å²) < 4.78 is 0. The van der Waals surface area contributed by atoms with E-state index in [1.807, 2.05) is 6.07 Å². The molecule has 2 aromatic rings. The molecule has 0 saturated carbocycles. The van der Waals surface area contributed by atoms with E-state index in [4.69, 9.17) is 17.3 Å². The molecule has 0 aliphatic heterocycles. The molecule has 0 radical (unpaired) electrons. The number of nitrogens with two attached hydrogens (primary N) is 1. The topological polar surface area (TPSA) is 51.8 Å². The highest BCUT2D eigenvalue weighted by molar-refractivity contribution is 7.98. The number of benzene rings is 1. The Morgan fingerprint density at radius 1 is 1.35 bits per heavy atom. The summed E-state index contributed by atoms with van der Waals surface area (Å²) in [5.74, 6) is 1.14. The Morgan fingerprint density at radius 3 is 2.94 bits per heavy atom. The van der Waals surface area contributed by atoms with E-state index in [9.17, 15) is 0 Å². The van der Waals surface area contributed by atoms with Crippen LogP contribution in [0.5, 0.6) is 0 Å². The van der Waals surface area contributed by atoms with E-state index in [2.05, 4.69) is 35.1 Å². The van der Waals surface area contributed by atoms with Gasteiger partial charge in [0.25, 0.3) is 0 Å². The van der Waals surface area contributed by atoms with Gasteiger partial charge in [0.05, 0.1) is 0 Å². The van der Waals surface area contributed by atoms with Gasteiger partial charge in [-0.3, -0.25) is 0 Å². The summed E-state index contributed by atoms with van der Waals surface area (Å²) in [6, 6.07) is 8.34. The number of nitrogen functional groups attached to an aromatic ring is 1. The van der Waals surface area contributed by atoms with Crippen LogP contribution in [0.4, 0.5) is 5.82 Å². The molecule has 1 heterocycles. The van der Waals surface area contributed by atoms with Crippen molar-refractivity contribution in [1.29, 1.82) is 0 Å². The minimum absolute atomic E-state index is 0.327. The normalized spacial score (nSPS) is 10.5. The maximum Gasteiger partial charge on any atom is 0.146 e. The van der Waals surface area contributed by atoms with E-state index >= 15 is 0 Å². The molecule has 0 aliphatic carbocycles. The Hall–Kier alpha value is -1.26. The third-order valence-electron chi connectivity index (χ3n) is 2.24. The molecule has 0 saturated heterocycles. The van der Waals surface area contributed by atoms with Crippen molar-refractivity contribution in [3.05, 3.63) is 46.7 Å². The van der Waals surface area contributed by atoms with Crippen molar-refractivity contribution in [3.63, 3.8) is 0 Å². The molecule has 2 N–H and O–H groups in total. The predicted octanol–water partition coefficient (Wildman–Crippen LogP) is 3.31. The number of aryl methyl sites for hydroxylation is 1. The molecule has 0 unspecified atom stereocenters. The molecule has 17 heavy (non-hydrogen) atoms. The first-order valence-electron chi connectivity index (χ1n) is 5.11. The van der Waals surface area contributed by atoms with Gasteiger partial charge in [-0.1, -0.05) is 53.2 Å². The molecule has 2 rings (SSSR count). The van der Waals surface area contributed by atoms with Crippen LogP contribution in [-0.4, -0.2) is 9.97 Å². The van der Waals surface area contributed by atoms with Crippen LogP contribution in [0.25, 0.3) is 0 Å². The fourth-order valence-electron chi connectivity index (χ4n) is 1.42. The summed E-state index contributed by atoms with van der Waals surface area (Å²) >= 11 is 7.58. The van der Waals surface area contributed by atoms with Gasteiger partial charge in [0.1, 0.15) is 22.2 Å². The Kier molecular flexibility index (Phi) is 3.86. The molecular weight excluding hydrogens is 254 g/mol. The van der Waals surface area contributed by atoms with Crippen LogP contribution in [-0.2, 0) is 5.75 Å². The van der Waals surface area contributed by atoms with Crippen LogP contribution < -0.4 is 5.73 Å². The molecular formula is C12H12ClN3S.